The van der Waals surface area contributed by atoms with E-state index in [9.17, 15) is 9.59 Å². The van der Waals surface area contributed by atoms with Crippen molar-refractivity contribution in [2.75, 3.05) is 20.3 Å². The Hall–Kier alpha value is -2.16. The highest BCUT2D eigenvalue weighted by Gasteiger charge is 2.18. The molecule has 1 amide bonds. The molecular formula is C18H19N3O3S2. The van der Waals surface area contributed by atoms with Gasteiger partial charge in [-0.15, -0.1) is 11.3 Å². The normalized spacial score (nSPS) is 12.2. The maximum absolute atomic E-state index is 12.6. The summed E-state index contributed by atoms with van der Waals surface area (Å²) in [5.74, 6) is -0.119. The predicted molar refractivity (Wildman–Crippen MR) is 106 cm³/mol. The van der Waals surface area contributed by atoms with E-state index in [-0.39, 0.29) is 16.7 Å². The van der Waals surface area contributed by atoms with Gasteiger partial charge in [-0.1, -0.05) is 42.1 Å². The minimum absolute atomic E-state index is 0.119. The quantitative estimate of drug-likeness (QED) is 0.369. The Labute approximate surface area is 159 Å². The first kappa shape index (κ1) is 18.6. The van der Waals surface area contributed by atoms with E-state index in [1.165, 1.54) is 23.1 Å². The summed E-state index contributed by atoms with van der Waals surface area (Å²) in [7, 11) is 1.58. The first-order chi connectivity index (χ1) is 12.6. The maximum atomic E-state index is 12.6. The van der Waals surface area contributed by atoms with E-state index >= 15 is 0 Å². The lowest BCUT2D eigenvalue weighted by atomic mass is 10.1. The number of fused-ring (bicyclic) bond motifs is 1. The van der Waals surface area contributed by atoms with Gasteiger partial charge in [0, 0.05) is 24.6 Å². The maximum Gasteiger partial charge on any atom is 0.260 e. The van der Waals surface area contributed by atoms with Crippen LogP contribution in [-0.2, 0) is 9.53 Å². The Bertz CT molecular complexity index is 953. The lowest BCUT2D eigenvalue weighted by molar-refractivity contribution is -0.120. The molecule has 1 atom stereocenters. The molecule has 0 radical (unpaired) electrons. The molecule has 0 saturated heterocycles. The Morgan fingerprint density at radius 1 is 1.38 bits per heavy atom. The Balaban J connectivity index is 1.82. The summed E-state index contributed by atoms with van der Waals surface area (Å²) in [4.78, 5) is 32.6. The van der Waals surface area contributed by atoms with Gasteiger partial charge in [0.05, 0.1) is 17.2 Å². The average molecular weight is 390 g/mol. The van der Waals surface area contributed by atoms with E-state index in [1.54, 1.807) is 14.0 Å². The van der Waals surface area contributed by atoms with Gasteiger partial charge >= 0.3 is 0 Å². The summed E-state index contributed by atoms with van der Waals surface area (Å²) in [5.41, 5.74) is 1.67. The highest BCUT2D eigenvalue weighted by atomic mass is 32.2. The number of carbonyl (C=O) groups is 1. The molecule has 2 heterocycles. The van der Waals surface area contributed by atoms with Crippen molar-refractivity contribution in [1.82, 2.24) is 15.3 Å². The van der Waals surface area contributed by atoms with Crippen LogP contribution in [0.4, 0.5) is 0 Å². The minimum Gasteiger partial charge on any atom is -0.383 e. The van der Waals surface area contributed by atoms with Crippen LogP contribution in [0.25, 0.3) is 21.3 Å². The Morgan fingerprint density at radius 2 is 2.15 bits per heavy atom. The average Bonchev–Trinajstić information content (AvgIpc) is 3.07. The lowest BCUT2D eigenvalue weighted by Gasteiger charge is -2.11. The highest BCUT2D eigenvalue weighted by molar-refractivity contribution is 8.00. The fraction of sp³-hybridized carbons (Fsp3) is 0.278. The number of nitrogens with zero attached hydrogens (tertiary/aromatic N) is 1. The fourth-order valence-electron chi connectivity index (χ4n) is 2.46. The van der Waals surface area contributed by atoms with Gasteiger partial charge in [0.15, 0.2) is 5.16 Å². The van der Waals surface area contributed by atoms with Crippen molar-refractivity contribution in [3.63, 3.8) is 0 Å². The van der Waals surface area contributed by atoms with Crippen molar-refractivity contribution in [2.24, 2.45) is 0 Å². The molecule has 8 heteroatoms. The molecule has 1 aromatic carbocycles. The number of methoxy groups -OCH3 is 1. The summed E-state index contributed by atoms with van der Waals surface area (Å²) < 4.78 is 4.91. The van der Waals surface area contributed by atoms with E-state index in [4.69, 9.17) is 4.74 Å². The van der Waals surface area contributed by atoms with Crippen molar-refractivity contribution < 1.29 is 9.53 Å². The molecule has 26 heavy (non-hydrogen) atoms. The zero-order valence-electron chi connectivity index (χ0n) is 14.4. The Kier molecular flexibility index (Phi) is 6.08. The van der Waals surface area contributed by atoms with Crippen LogP contribution in [-0.4, -0.2) is 41.4 Å². The summed E-state index contributed by atoms with van der Waals surface area (Å²) in [6.45, 7) is 2.69. The second-order valence-corrected chi connectivity index (χ2v) is 7.80. The third kappa shape index (κ3) is 4.14. The number of benzene rings is 1. The van der Waals surface area contributed by atoms with Crippen molar-refractivity contribution in [2.45, 2.75) is 17.3 Å². The van der Waals surface area contributed by atoms with Crippen LogP contribution in [0.2, 0.25) is 0 Å². The molecule has 0 saturated carbocycles. The van der Waals surface area contributed by atoms with Gasteiger partial charge in [-0.05, 0) is 12.5 Å². The minimum atomic E-state index is -0.374. The van der Waals surface area contributed by atoms with Gasteiger partial charge in [0.25, 0.3) is 5.56 Å². The van der Waals surface area contributed by atoms with Gasteiger partial charge < -0.3 is 15.0 Å². The predicted octanol–water partition coefficient (Wildman–Crippen LogP) is 2.89. The number of amides is 1. The number of thioether (sulfide) groups is 1. The third-order valence-corrected chi connectivity index (χ3v) is 5.63. The van der Waals surface area contributed by atoms with Crippen molar-refractivity contribution in [1.29, 1.82) is 0 Å². The first-order valence-electron chi connectivity index (χ1n) is 8.10. The van der Waals surface area contributed by atoms with Gasteiger partial charge in [0.2, 0.25) is 5.91 Å². The van der Waals surface area contributed by atoms with Crippen LogP contribution < -0.4 is 10.9 Å². The van der Waals surface area contributed by atoms with E-state index in [2.05, 4.69) is 15.3 Å². The second-order valence-electron chi connectivity index (χ2n) is 5.61. The van der Waals surface area contributed by atoms with Gasteiger partial charge in [-0.25, -0.2) is 4.98 Å². The molecule has 136 valence electrons. The number of hydrogen-bond donors (Lipinski definition) is 2. The van der Waals surface area contributed by atoms with Crippen LogP contribution >= 0.6 is 23.1 Å². The molecule has 2 aromatic heterocycles. The smallest absolute Gasteiger partial charge is 0.260 e. The molecule has 2 N–H and O–H groups in total. The first-order valence-corrected chi connectivity index (χ1v) is 9.86. The lowest BCUT2D eigenvalue weighted by Crippen LogP contribution is -2.33. The zero-order chi connectivity index (χ0) is 18.5. The largest absolute Gasteiger partial charge is 0.383 e. The summed E-state index contributed by atoms with van der Waals surface area (Å²) in [6.07, 6.45) is 0. The molecule has 3 rings (SSSR count). The number of nitrogens with one attached hydrogen (secondary N) is 2. The molecular weight excluding hydrogens is 370 g/mol. The summed E-state index contributed by atoms with van der Waals surface area (Å²) in [6, 6.07) is 9.75. The van der Waals surface area contributed by atoms with E-state index in [0.717, 1.165) is 11.1 Å². The fourth-order valence-corrected chi connectivity index (χ4v) is 4.28. The van der Waals surface area contributed by atoms with Crippen molar-refractivity contribution >= 4 is 39.2 Å². The number of aromatic nitrogens is 2. The topological polar surface area (TPSA) is 84.1 Å². The van der Waals surface area contributed by atoms with Crippen LogP contribution in [0, 0.1) is 0 Å². The number of aromatic amines is 1. The highest BCUT2D eigenvalue weighted by Crippen LogP contribution is 2.31. The van der Waals surface area contributed by atoms with E-state index < -0.39 is 0 Å². The molecule has 0 bridgehead atoms. The molecule has 0 fully saturated rings. The zero-order valence-corrected chi connectivity index (χ0v) is 16.1. The molecule has 0 aliphatic heterocycles. The summed E-state index contributed by atoms with van der Waals surface area (Å²) >= 11 is 2.66. The van der Waals surface area contributed by atoms with Gasteiger partial charge in [-0.3, -0.25) is 9.59 Å². The van der Waals surface area contributed by atoms with Crippen LogP contribution in [0.5, 0.6) is 0 Å². The van der Waals surface area contributed by atoms with E-state index in [1.807, 2.05) is 35.7 Å². The standard InChI is InChI=1S/C18H19N3O3S2/c1-11(15(22)19-8-9-24-2)26-18-20-16(23)14-13(10-25-17(14)21-18)12-6-4-3-5-7-12/h3-7,10-11H,8-9H2,1-2H3,(H,19,22)(H,20,21,23)/t11-/m1/s1. The number of thiophene rings is 1. The van der Waals surface area contributed by atoms with Gasteiger partial charge in [-0.2, -0.15) is 0 Å². The van der Waals surface area contributed by atoms with E-state index in [0.29, 0.717) is 28.5 Å². The molecule has 6 nitrogen and oxygen atoms in total. The monoisotopic (exact) mass is 389 g/mol. The molecule has 0 spiro atoms. The number of rotatable bonds is 7. The van der Waals surface area contributed by atoms with Crippen LogP contribution in [0.1, 0.15) is 6.92 Å². The van der Waals surface area contributed by atoms with Crippen LogP contribution in [0.15, 0.2) is 45.7 Å². The number of ether oxygens (including phenoxy) is 1. The SMILES string of the molecule is COCCNC(=O)[C@@H](C)Sc1nc2scc(-c3ccccc3)c2c(=O)[nH]1. The Morgan fingerprint density at radius 3 is 2.88 bits per heavy atom. The second kappa shape index (κ2) is 8.48. The van der Waals surface area contributed by atoms with Crippen molar-refractivity contribution in [3.05, 3.63) is 46.1 Å². The number of carbonyl (C=O) groups excluding carboxylic acids is 1. The molecule has 0 aliphatic carbocycles. The molecule has 0 aliphatic rings. The number of hydrogen-bond acceptors (Lipinski definition) is 6. The van der Waals surface area contributed by atoms with Gasteiger partial charge in [0.1, 0.15) is 4.83 Å². The van der Waals surface area contributed by atoms with Crippen LogP contribution in [0.3, 0.4) is 0 Å². The molecule has 3 aromatic rings. The number of H-pyrrole nitrogens is 1. The summed E-state index contributed by atoms with van der Waals surface area (Å²) in [5, 5.41) is 5.38. The third-order valence-electron chi connectivity index (χ3n) is 3.77. The van der Waals surface area contributed by atoms with Crippen molar-refractivity contribution in [3.8, 4) is 11.1 Å². The molecule has 0 unspecified atom stereocenters.